The molecule has 0 fully saturated rings. The van der Waals surface area contributed by atoms with Gasteiger partial charge in [0.25, 0.3) is 5.91 Å². The molecule has 1 heterocycles. The Morgan fingerprint density at radius 2 is 1.93 bits per heavy atom. The molecule has 2 aromatic rings. The number of hydrogen-bond acceptors (Lipinski definition) is 4. The second-order valence-electron chi connectivity index (χ2n) is 6.41. The summed E-state index contributed by atoms with van der Waals surface area (Å²) in [4.78, 5) is 26.5. The van der Waals surface area contributed by atoms with E-state index in [1.165, 1.54) is 0 Å². The van der Waals surface area contributed by atoms with E-state index >= 15 is 0 Å². The van der Waals surface area contributed by atoms with Crippen LogP contribution in [-0.2, 0) is 9.59 Å². The number of likely N-dealkylation sites (N-methyl/N-ethyl adjacent to an activating group) is 1. The first-order valence-electron chi connectivity index (χ1n) is 8.75. The zero-order valence-corrected chi connectivity index (χ0v) is 16.0. The van der Waals surface area contributed by atoms with Crippen LogP contribution in [0.2, 0.25) is 5.02 Å². The van der Waals surface area contributed by atoms with E-state index in [0.29, 0.717) is 17.3 Å². The largest absolute Gasteiger partial charge is 0.477 e. The predicted molar refractivity (Wildman–Crippen MR) is 105 cm³/mol. The molecule has 0 unspecified atom stereocenters. The lowest BCUT2D eigenvalue weighted by atomic mass is 10.1. The number of carbonyl (C=O) groups excluding carboxylic acids is 2. The highest BCUT2D eigenvalue weighted by Gasteiger charge is 2.31. The normalized spacial score (nSPS) is 16.7. The van der Waals surface area contributed by atoms with Crippen molar-refractivity contribution in [2.45, 2.75) is 19.1 Å². The van der Waals surface area contributed by atoms with Gasteiger partial charge in [-0.15, -0.1) is 0 Å². The van der Waals surface area contributed by atoms with Crippen molar-refractivity contribution >= 4 is 29.1 Å². The van der Waals surface area contributed by atoms with Crippen LogP contribution in [0.25, 0.3) is 0 Å². The number of nitrogens with zero attached hydrogens (tertiary/aromatic N) is 1. The maximum absolute atomic E-state index is 12.6. The van der Waals surface area contributed by atoms with Crippen molar-refractivity contribution in [3.05, 3.63) is 59.1 Å². The Kier molecular flexibility index (Phi) is 5.86. The van der Waals surface area contributed by atoms with Gasteiger partial charge in [0.1, 0.15) is 5.75 Å². The molecular weight excluding hydrogens is 366 g/mol. The van der Waals surface area contributed by atoms with Gasteiger partial charge in [-0.2, -0.15) is 0 Å². The number of ether oxygens (including phenoxy) is 1. The summed E-state index contributed by atoms with van der Waals surface area (Å²) >= 11 is 5.91. The van der Waals surface area contributed by atoms with Crippen LogP contribution in [0.15, 0.2) is 48.5 Å². The van der Waals surface area contributed by atoms with Crippen molar-refractivity contribution in [2.24, 2.45) is 0 Å². The lowest BCUT2D eigenvalue weighted by Crippen LogP contribution is -2.50. The van der Waals surface area contributed by atoms with Crippen LogP contribution in [-0.4, -0.2) is 38.1 Å². The number of hydrogen-bond donors (Lipinski definition) is 2. The van der Waals surface area contributed by atoms with E-state index in [2.05, 4.69) is 10.6 Å². The highest BCUT2D eigenvalue weighted by molar-refractivity contribution is 6.30. The third kappa shape index (κ3) is 4.52. The van der Waals surface area contributed by atoms with E-state index in [1.54, 1.807) is 25.2 Å². The summed E-state index contributed by atoms with van der Waals surface area (Å²) in [6, 6.07) is 14.6. The van der Waals surface area contributed by atoms with Crippen molar-refractivity contribution in [3.8, 4) is 5.75 Å². The Balaban J connectivity index is 1.70. The number of para-hydroxylation sites is 2. The number of fused-ring (bicyclic) bond motifs is 1. The quantitative estimate of drug-likeness (QED) is 0.827. The molecule has 0 radical (unpaired) electrons. The summed E-state index contributed by atoms with van der Waals surface area (Å²) in [6.07, 6.45) is -0.661. The van der Waals surface area contributed by atoms with Crippen molar-refractivity contribution in [3.63, 3.8) is 0 Å². The van der Waals surface area contributed by atoms with Crippen LogP contribution >= 0.6 is 11.6 Å². The minimum absolute atomic E-state index is 0.131. The molecule has 2 aromatic carbocycles. The number of amides is 2. The van der Waals surface area contributed by atoms with E-state index in [4.69, 9.17) is 16.3 Å². The molecular formula is C20H22ClN3O3. The van der Waals surface area contributed by atoms with E-state index in [9.17, 15) is 9.59 Å². The number of anilines is 1. The fraction of sp³-hybridized carbons (Fsp3) is 0.300. The summed E-state index contributed by atoms with van der Waals surface area (Å²) < 4.78 is 5.76. The van der Waals surface area contributed by atoms with Crippen molar-refractivity contribution in [2.75, 3.05) is 25.0 Å². The summed E-state index contributed by atoms with van der Waals surface area (Å²) in [7, 11) is 1.57. The predicted octanol–water partition coefficient (Wildman–Crippen LogP) is 2.53. The molecule has 1 aliphatic rings. The summed E-state index contributed by atoms with van der Waals surface area (Å²) in [5.41, 5.74) is 1.77. The Labute approximate surface area is 163 Å². The van der Waals surface area contributed by atoms with Crippen LogP contribution in [0.5, 0.6) is 5.75 Å². The third-order valence-electron chi connectivity index (χ3n) is 4.48. The van der Waals surface area contributed by atoms with E-state index < -0.39 is 6.10 Å². The monoisotopic (exact) mass is 387 g/mol. The summed E-state index contributed by atoms with van der Waals surface area (Å²) in [6.45, 7) is 2.35. The highest BCUT2D eigenvalue weighted by Crippen LogP contribution is 2.32. The van der Waals surface area contributed by atoms with Gasteiger partial charge in [-0.05, 0) is 36.8 Å². The molecule has 0 saturated heterocycles. The smallest absolute Gasteiger partial charge is 0.262 e. The van der Waals surface area contributed by atoms with Crippen molar-refractivity contribution in [1.29, 1.82) is 0 Å². The SMILES string of the molecule is CNC(=O)[C@H]1CN(CC(=O)N[C@@H](C)c2ccc(Cl)cc2)c2ccccc2O1. The number of carbonyl (C=O) groups is 2. The molecule has 0 spiro atoms. The maximum Gasteiger partial charge on any atom is 0.262 e. The average molecular weight is 388 g/mol. The first-order valence-corrected chi connectivity index (χ1v) is 9.12. The van der Waals surface area contributed by atoms with Crippen molar-refractivity contribution in [1.82, 2.24) is 10.6 Å². The second kappa shape index (κ2) is 8.31. The highest BCUT2D eigenvalue weighted by atomic mass is 35.5. The lowest BCUT2D eigenvalue weighted by Gasteiger charge is -2.35. The minimum atomic E-state index is -0.661. The molecule has 6 nitrogen and oxygen atoms in total. The second-order valence-corrected chi connectivity index (χ2v) is 6.85. The Bertz CT molecular complexity index is 825. The molecule has 7 heteroatoms. The topological polar surface area (TPSA) is 70.7 Å². The molecule has 0 aromatic heterocycles. The summed E-state index contributed by atoms with van der Waals surface area (Å²) in [5, 5.41) is 6.24. The number of halogens is 1. The minimum Gasteiger partial charge on any atom is -0.477 e. The Morgan fingerprint density at radius 1 is 1.22 bits per heavy atom. The van der Waals surface area contributed by atoms with Gasteiger partial charge < -0.3 is 20.3 Å². The lowest BCUT2D eigenvalue weighted by molar-refractivity contribution is -0.127. The zero-order chi connectivity index (χ0) is 19.4. The van der Waals surface area contributed by atoms with Crippen LogP contribution in [0.3, 0.4) is 0 Å². The number of benzene rings is 2. The maximum atomic E-state index is 12.6. The first kappa shape index (κ1) is 19.0. The third-order valence-corrected chi connectivity index (χ3v) is 4.73. The van der Waals surface area contributed by atoms with E-state index in [0.717, 1.165) is 11.3 Å². The van der Waals surface area contributed by atoms with Gasteiger partial charge in [-0.3, -0.25) is 9.59 Å². The van der Waals surface area contributed by atoms with E-state index in [-0.39, 0.29) is 24.4 Å². The number of nitrogens with one attached hydrogen (secondary N) is 2. The first-order chi connectivity index (χ1) is 13.0. The van der Waals surface area contributed by atoms with Crippen LogP contribution in [0.4, 0.5) is 5.69 Å². The fourth-order valence-corrected chi connectivity index (χ4v) is 3.18. The van der Waals surface area contributed by atoms with Crippen LogP contribution in [0.1, 0.15) is 18.5 Å². The Morgan fingerprint density at radius 3 is 2.63 bits per heavy atom. The molecule has 142 valence electrons. The molecule has 27 heavy (non-hydrogen) atoms. The number of rotatable bonds is 5. The van der Waals surface area contributed by atoms with Gasteiger partial charge in [0.05, 0.1) is 24.8 Å². The Hall–Kier alpha value is -2.73. The van der Waals surface area contributed by atoms with E-state index in [1.807, 2.05) is 42.2 Å². The van der Waals surface area contributed by atoms with Gasteiger partial charge in [-0.1, -0.05) is 35.9 Å². The summed E-state index contributed by atoms with van der Waals surface area (Å²) in [5.74, 6) is 0.241. The molecule has 0 bridgehead atoms. The molecule has 0 saturated carbocycles. The van der Waals surface area contributed by atoms with Crippen molar-refractivity contribution < 1.29 is 14.3 Å². The van der Waals surface area contributed by atoms with Gasteiger partial charge >= 0.3 is 0 Å². The average Bonchev–Trinajstić information content (AvgIpc) is 2.67. The molecule has 2 atom stereocenters. The fourth-order valence-electron chi connectivity index (χ4n) is 3.05. The van der Waals surface area contributed by atoms with Gasteiger partial charge in [0.2, 0.25) is 5.91 Å². The molecule has 2 N–H and O–H groups in total. The molecule has 1 aliphatic heterocycles. The molecule has 0 aliphatic carbocycles. The zero-order valence-electron chi connectivity index (χ0n) is 15.2. The molecule has 2 amide bonds. The van der Waals surface area contributed by atoms with Gasteiger partial charge in [0, 0.05) is 12.1 Å². The molecule has 3 rings (SSSR count). The van der Waals surface area contributed by atoms with Crippen LogP contribution < -0.4 is 20.3 Å². The van der Waals surface area contributed by atoms with Gasteiger partial charge in [0.15, 0.2) is 6.10 Å². The van der Waals surface area contributed by atoms with Gasteiger partial charge in [-0.25, -0.2) is 0 Å². The standard InChI is InChI=1S/C20H22ClN3O3/c1-13(14-7-9-15(21)10-8-14)23-19(25)12-24-11-18(20(26)22-2)27-17-6-4-3-5-16(17)24/h3-10,13,18H,11-12H2,1-2H3,(H,22,26)(H,23,25)/t13-,18+/m0/s1. The van der Waals surface area contributed by atoms with Crippen LogP contribution in [0, 0.1) is 0 Å².